The van der Waals surface area contributed by atoms with Crippen LogP contribution in [0, 0.1) is 0 Å². The average Bonchev–Trinajstić information content (AvgIpc) is 2.94. The van der Waals surface area contributed by atoms with Crippen molar-refractivity contribution in [3.05, 3.63) is 58.7 Å². The molecular formula is C16H12BrNO3. The van der Waals surface area contributed by atoms with Gasteiger partial charge in [0.15, 0.2) is 0 Å². The number of benzene rings is 2. The number of carbonyl (C=O) groups is 1. The van der Waals surface area contributed by atoms with E-state index in [-0.39, 0.29) is 0 Å². The van der Waals surface area contributed by atoms with E-state index in [0.717, 1.165) is 15.4 Å². The molecule has 0 amide bonds. The van der Waals surface area contributed by atoms with Crippen LogP contribution in [-0.2, 0) is 4.74 Å². The minimum atomic E-state index is -0.426. The topological polar surface area (TPSA) is 51.3 Å². The highest BCUT2D eigenvalue weighted by Crippen LogP contribution is 2.32. The van der Waals surface area contributed by atoms with Crippen LogP contribution in [0.5, 0.6) is 11.5 Å². The molecule has 0 fully saturated rings. The summed E-state index contributed by atoms with van der Waals surface area (Å²) in [6.45, 7) is 0. The molecule has 5 heteroatoms. The van der Waals surface area contributed by atoms with Crippen molar-refractivity contribution in [1.82, 2.24) is 4.98 Å². The third-order valence-electron chi connectivity index (χ3n) is 3.11. The summed E-state index contributed by atoms with van der Waals surface area (Å²) in [4.78, 5) is 15.1. The second-order valence-corrected chi connectivity index (χ2v) is 5.34. The summed E-state index contributed by atoms with van der Waals surface area (Å²) in [5.41, 5.74) is 1.27. The Morgan fingerprint density at radius 2 is 2.05 bits per heavy atom. The molecular weight excluding hydrogens is 334 g/mol. The summed E-state index contributed by atoms with van der Waals surface area (Å²) < 4.78 is 11.6. The molecule has 0 spiro atoms. The van der Waals surface area contributed by atoms with Crippen LogP contribution in [0.1, 0.15) is 10.4 Å². The number of nitrogens with one attached hydrogen (secondary N) is 1. The normalized spacial score (nSPS) is 10.6. The Morgan fingerprint density at radius 1 is 1.19 bits per heavy atom. The van der Waals surface area contributed by atoms with Crippen LogP contribution >= 0.6 is 15.9 Å². The Bertz CT molecular complexity index is 810. The lowest BCUT2D eigenvalue weighted by atomic mass is 10.1. The highest BCUT2D eigenvalue weighted by Gasteiger charge is 2.18. The molecule has 2 aromatic carbocycles. The van der Waals surface area contributed by atoms with E-state index in [9.17, 15) is 4.79 Å². The van der Waals surface area contributed by atoms with E-state index in [4.69, 9.17) is 9.47 Å². The molecule has 3 rings (SSSR count). The predicted octanol–water partition coefficient (Wildman–Crippen LogP) is 4.51. The van der Waals surface area contributed by atoms with Gasteiger partial charge < -0.3 is 14.5 Å². The van der Waals surface area contributed by atoms with Crippen LogP contribution in [0.4, 0.5) is 0 Å². The van der Waals surface area contributed by atoms with Gasteiger partial charge >= 0.3 is 5.97 Å². The number of fused-ring (bicyclic) bond motifs is 1. The van der Waals surface area contributed by atoms with E-state index in [1.807, 2.05) is 36.4 Å². The van der Waals surface area contributed by atoms with E-state index in [1.54, 1.807) is 12.3 Å². The molecule has 0 aliphatic heterocycles. The second-order valence-electron chi connectivity index (χ2n) is 4.43. The summed E-state index contributed by atoms with van der Waals surface area (Å²) in [6, 6.07) is 12.9. The van der Waals surface area contributed by atoms with E-state index in [1.165, 1.54) is 7.11 Å². The highest BCUT2D eigenvalue weighted by molar-refractivity contribution is 9.10. The first-order valence-electron chi connectivity index (χ1n) is 6.31. The van der Waals surface area contributed by atoms with Crippen molar-refractivity contribution in [3.63, 3.8) is 0 Å². The molecule has 1 N–H and O–H groups in total. The van der Waals surface area contributed by atoms with Crippen LogP contribution in [0.25, 0.3) is 10.9 Å². The SMILES string of the molecule is COC(=O)c1c(Oc2cccc(Br)c2)ccc2[nH]ccc12. The number of methoxy groups -OCH3 is 1. The number of esters is 1. The van der Waals surface area contributed by atoms with Crippen LogP contribution in [0.3, 0.4) is 0 Å². The van der Waals surface area contributed by atoms with Gasteiger partial charge in [0.25, 0.3) is 0 Å². The van der Waals surface area contributed by atoms with Crippen molar-refractivity contribution >= 4 is 32.8 Å². The number of aromatic nitrogens is 1. The minimum Gasteiger partial charge on any atom is -0.465 e. The van der Waals surface area contributed by atoms with Crippen molar-refractivity contribution in [3.8, 4) is 11.5 Å². The fourth-order valence-electron chi connectivity index (χ4n) is 2.17. The Labute approximate surface area is 129 Å². The third kappa shape index (κ3) is 2.64. The molecule has 0 bridgehead atoms. The van der Waals surface area contributed by atoms with Gasteiger partial charge in [-0.3, -0.25) is 0 Å². The van der Waals surface area contributed by atoms with Gasteiger partial charge in [0.05, 0.1) is 7.11 Å². The number of rotatable bonds is 3. The number of aromatic amines is 1. The first kappa shape index (κ1) is 13.7. The van der Waals surface area contributed by atoms with Gasteiger partial charge in [0.1, 0.15) is 17.1 Å². The zero-order chi connectivity index (χ0) is 14.8. The predicted molar refractivity (Wildman–Crippen MR) is 83.9 cm³/mol. The minimum absolute atomic E-state index is 0.413. The lowest BCUT2D eigenvalue weighted by Gasteiger charge is -2.11. The number of H-pyrrole nitrogens is 1. The zero-order valence-corrected chi connectivity index (χ0v) is 12.8. The van der Waals surface area contributed by atoms with Crippen molar-refractivity contribution < 1.29 is 14.3 Å². The molecule has 4 nitrogen and oxygen atoms in total. The molecule has 0 radical (unpaired) electrons. The van der Waals surface area contributed by atoms with E-state index in [0.29, 0.717) is 17.1 Å². The fourth-order valence-corrected chi connectivity index (χ4v) is 2.55. The largest absolute Gasteiger partial charge is 0.465 e. The summed E-state index contributed by atoms with van der Waals surface area (Å²) in [7, 11) is 1.36. The summed E-state index contributed by atoms with van der Waals surface area (Å²) >= 11 is 3.39. The molecule has 0 saturated carbocycles. The number of hydrogen-bond donors (Lipinski definition) is 1. The maximum absolute atomic E-state index is 12.1. The van der Waals surface area contributed by atoms with Crippen molar-refractivity contribution in [2.45, 2.75) is 0 Å². The number of halogens is 1. The van der Waals surface area contributed by atoms with Gasteiger partial charge in [-0.15, -0.1) is 0 Å². The lowest BCUT2D eigenvalue weighted by Crippen LogP contribution is -2.04. The van der Waals surface area contributed by atoms with Gasteiger partial charge in [-0.2, -0.15) is 0 Å². The zero-order valence-electron chi connectivity index (χ0n) is 11.2. The third-order valence-corrected chi connectivity index (χ3v) is 3.60. The smallest absolute Gasteiger partial charge is 0.342 e. The molecule has 21 heavy (non-hydrogen) atoms. The molecule has 0 saturated heterocycles. The number of carbonyl (C=O) groups excluding carboxylic acids is 1. The number of ether oxygens (including phenoxy) is 2. The Morgan fingerprint density at radius 3 is 2.81 bits per heavy atom. The van der Waals surface area contributed by atoms with Crippen LogP contribution in [-0.4, -0.2) is 18.1 Å². The average molecular weight is 346 g/mol. The second kappa shape index (κ2) is 5.61. The lowest BCUT2D eigenvalue weighted by molar-refractivity contribution is 0.0600. The molecule has 0 aliphatic carbocycles. The first-order chi connectivity index (χ1) is 10.2. The molecule has 3 aromatic rings. The van der Waals surface area contributed by atoms with Crippen molar-refractivity contribution in [1.29, 1.82) is 0 Å². The van der Waals surface area contributed by atoms with E-state index < -0.39 is 5.97 Å². The monoisotopic (exact) mass is 345 g/mol. The molecule has 1 heterocycles. The van der Waals surface area contributed by atoms with Gasteiger partial charge in [-0.25, -0.2) is 4.79 Å². The summed E-state index contributed by atoms with van der Waals surface area (Å²) in [5.74, 6) is 0.682. The maximum atomic E-state index is 12.1. The van der Waals surface area contributed by atoms with E-state index >= 15 is 0 Å². The van der Waals surface area contributed by atoms with Crippen molar-refractivity contribution in [2.75, 3.05) is 7.11 Å². The van der Waals surface area contributed by atoms with Gasteiger partial charge in [-0.1, -0.05) is 22.0 Å². The van der Waals surface area contributed by atoms with Gasteiger partial charge in [0.2, 0.25) is 0 Å². The van der Waals surface area contributed by atoms with Crippen LogP contribution < -0.4 is 4.74 Å². The Kier molecular flexibility index (Phi) is 3.66. The van der Waals surface area contributed by atoms with Crippen LogP contribution in [0.2, 0.25) is 0 Å². The summed E-state index contributed by atoms with van der Waals surface area (Å²) in [5, 5.41) is 0.773. The molecule has 106 valence electrons. The van der Waals surface area contributed by atoms with Crippen molar-refractivity contribution in [2.24, 2.45) is 0 Å². The molecule has 0 aliphatic rings. The molecule has 0 atom stereocenters. The Balaban J connectivity index is 2.11. The molecule has 1 aromatic heterocycles. The standard InChI is InChI=1S/C16H12BrNO3/c1-20-16(19)15-12-7-8-18-13(12)5-6-14(15)21-11-4-2-3-10(17)9-11/h2-9,18H,1H3. The van der Waals surface area contributed by atoms with E-state index in [2.05, 4.69) is 20.9 Å². The van der Waals surface area contributed by atoms with Gasteiger partial charge in [-0.05, 0) is 36.4 Å². The highest BCUT2D eigenvalue weighted by atomic mass is 79.9. The van der Waals surface area contributed by atoms with Crippen LogP contribution in [0.15, 0.2) is 53.1 Å². The fraction of sp³-hybridized carbons (Fsp3) is 0.0625. The number of hydrogen-bond acceptors (Lipinski definition) is 3. The maximum Gasteiger partial charge on any atom is 0.342 e. The van der Waals surface area contributed by atoms with Gasteiger partial charge in [0, 0.05) is 21.6 Å². The summed E-state index contributed by atoms with van der Waals surface area (Å²) in [6.07, 6.45) is 1.78. The Hall–Kier alpha value is -2.27. The quantitative estimate of drug-likeness (QED) is 0.710. The first-order valence-corrected chi connectivity index (χ1v) is 7.10. The molecule has 0 unspecified atom stereocenters.